The van der Waals surface area contributed by atoms with Gasteiger partial charge in [-0.1, -0.05) is 12.1 Å². The monoisotopic (exact) mass is 395 g/mol. The van der Waals surface area contributed by atoms with Gasteiger partial charge in [-0.15, -0.1) is 0 Å². The Hall–Kier alpha value is -3.42. The second-order valence-corrected chi connectivity index (χ2v) is 6.87. The van der Waals surface area contributed by atoms with E-state index in [1.54, 1.807) is 35.4 Å². The number of hydrogen-bond donors (Lipinski definition) is 2. The van der Waals surface area contributed by atoms with E-state index in [-0.39, 0.29) is 30.6 Å². The van der Waals surface area contributed by atoms with Gasteiger partial charge in [0.25, 0.3) is 0 Å². The average Bonchev–Trinajstić information content (AvgIpc) is 2.72. The number of aromatic nitrogens is 1. The first-order valence-corrected chi connectivity index (χ1v) is 9.62. The number of hydrogen-bond acceptors (Lipinski definition) is 5. The number of nitrogens with zero attached hydrogens (tertiary/aromatic N) is 3. The Balaban J connectivity index is 1.42. The Bertz CT molecular complexity index is 864. The van der Waals surface area contributed by atoms with Crippen LogP contribution in [0.5, 0.6) is 0 Å². The molecule has 0 bridgehead atoms. The van der Waals surface area contributed by atoms with Crippen LogP contribution in [0.25, 0.3) is 0 Å². The molecule has 2 N–H and O–H groups in total. The number of pyridine rings is 1. The summed E-state index contributed by atoms with van der Waals surface area (Å²) in [6.07, 6.45) is 2.04. The maximum Gasteiger partial charge on any atom is 0.224 e. The fourth-order valence-electron chi connectivity index (χ4n) is 3.21. The van der Waals surface area contributed by atoms with Crippen molar-refractivity contribution in [3.05, 3.63) is 48.7 Å². The molecule has 1 aliphatic heterocycles. The van der Waals surface area contributed by atoms with Crippen LogP contribution in [0.3, 0.4) is 0 Å². The van der Waals surface area contributed by atoms with E-state index in [4.69, 9.17) is 0 Å². The summed E-state index contributed by atoms with van der Waals surface area (Å²) in [6, 6.07) is 12.7. The third-order valence-electron chi connectivity index (χ3n) is 4.64. The molecule has 8 heteroatoms. The lowest BCUT2D eigenvalue weighted by atomic mass is 10.2. The lowest BCUT2D eigenvalue weighted by Crippen LogP contribution is -2.49. The molecule has 3 amide bonds. The molecule has 2 aromatic rings. The number of carbonyl (C=O) groups excluding carboxylic acids is 3. The zero-order chi connectivity index (χ0) is 20.6. The lowest BCUT2D eigenvalue weighted by Gasteiger charge is -2.35. The van der Waals surface area contributed by atoms with Crippen LogP contribution in [0.4, 0.5) is 17.2 Å². The molecule has 152 valence electrons. The molecular weight excluding hydrogens is 370 g/mol. The highest BCUT2D eigenvalue weighted by atomic mass is 16.2. The number of nitrogens with one attached hydrogen (secondary N) is 2. The van der Waals surface area contributed by atoms with Crippen molar-refractivity contribution in [3.63, 3.8) is 0 Å². The maximum absolute atomic E-state index is 12.4. The second kappa shape index (κ2) is 9.68. The first-order valence-electron chi connectivity index (χ1n) is 9.62. The summed E-state index contributed by atoms with van der Waals surface area (Å²) in [6.45, 7) is 4.12. The number of anilines is 3. The fraction of sp³-hybridized carbons (Fsp3) is 0.333. The first-order chi connectivity index (χ1) is 14.0. The largest absolute Gasteiger partial charge is 0.353 e. The summed E-state index contributed by atoms with van der Waals surface area (Å²) >= 11 is 0. The number of carbonyl (C=O) groups is 3. The van der Waals surface area contributed by atoms with Crippen molar-refractivity contribution in [3.8, 4) is 0 Å². The minimum absolute atomic E-state index is 0.0205. The highest BCUT2D eigenvalue weighted by Gasteiger charge is 2.22. The molecule has 1 aromatic heterocycles. The number of amides is 3. The number of benzene rings is 1. The van der Waals surface area contributed by atoms with Crippen LogP contribution in [0.15, 0.2) is 48.7 Å². The molecule has 0 aliphatic carbocycles. The van der Waals surface area contributed by atoms with E-state index in [1.165, 1.54) is 6.92 Å². The summed E-state index contributed by atoms with van der Waals surface area (Å²) < 4.78 is 0. The van der Waals surface area contributed by atoms with Gasteiger partial charge in [-0.25, -0.2) is 4.98 Å². The standard InChI is InChI=1S/C21H25N5O3/c1-16(27)23-17-5-4-6-18(15-17)24-20(28)8-9-21(29)26-13-11-25(12-14-26)19-7-2-3-10-22-19/h2-7,10,15H,8-9,11-14H2,1H3,(H,23,27)(H,24,28). The highest BCUT2D eigenvalue weighted by Crippen LogP contribution is 2.16. The van der Waals surface area contributed by atoms with Gasteiger partial charge in [0.2, 0.25) is 17.7 Å². The van der Waals surface area contributed by atoms with Gasteiger partial charge in [0.05, 0.1) is 0 Å². The van der Waals surface area contributed by atoms with Gasteiger partial charge < -0.3 is 20.4 Å². The predicted molar refractivity (Wildman–Crippen MR) is 112 cm³/mol. The molecular formula is C21H25N5O3. The van der Waals surface area contributed by atoms with E-state index < -0.39 is 0 Å². The van der Waals surface area contributed by atoms with Crippen molar-refractivity contribution < 1.29 is 14.4 Å². The third-order valence-corrected chi connectivity index (χ3v) is 4.64. The molecule has 1 saturated heterocycles. The minimum Gasteiger partial charge on any atom is -0.353 e. The molecule has 8 nitrogen and oxygen atoms in total. The number of piperazine rings is 1. The van der Waals surface area contributed by atoms with Crippen LogP contribution in [0.1, 0.15) is 19.8 Å². The number of rotatable bonds is 6. The van der Waals surface area contributed by atoms with Crippen LogP contribution in [0, 0.1) is 0 Å². The van der Waals surface area contributed by atoms with Crippen molar-refractivity contribution in [1.29, 1.82) is 0 Å². The molecule has 0 unspecified atom stereocenters. The van der Waals surface area contributed by atoms with Gasteiger partial charge in [-0.05, 0) is 30.3 Å². The highest BCUT2D eigenvalue weighted by molar-refractivity contribution is 5.94. The van der Waals surface area contributed by atoms with Crippen molar-refractivity contribution in [2.75, 3.05) is 41.7 Å². The average molecular weight is 395 g/mol. The van der Waals surface area contributed by atoms with E-state index >= 15 is 0 Å². The topological polar surface area (TPSA) is 94.6 Å². The van der Waals surface area contributed by atoms with Crippen LogP contribution < -0.4 is 15.5 Å². The molecule has 3 rings (SSSR count). The predicted octanol–water partition coefficient (Wildman–Crippen LogP) is 2.11. The van der Waals surface area contributed by atoms with Crippen LogP contribution >= 0.6 is 0 Å². The van der Waals surface area contributed by atoms with Crippen LogP contribution in [-0.2, 0) is 14.4 Å². The minimum atomic E-state index is -0.231. The molecule has 0 atom stereocenters. The maximum atomic E-state index is 12.4. The molecule has 1 fully saturated rings. The van der Waals surface area contributed by atoms with Crippen molar-refractivity contribution >= 4 is 34.9 Å². The van der Waals surface area contributed by atoms with Gasteiger partial charge in [0.1, 0.15) is 5.82 Å². The van der Waals surface area contributed by atoms with E-state index in [2.05, 4.69) is 20.5 Å². The lowest BCUT2D eigenvalue weighted by molar-refractivity contribution is -0.133. The first kappa shape index (κ1) is 20.3. The molecule has 1 aromatic carbocycles. The van der Waals surface area contributed by atoms with Gasteiger partial charge >= 0.3 is 0 Å². The normalized spacial score (nSPS) is 13.7. The summed E-state index contributed by atoms with van der Waals surface area (Å²) in [5.41, 5.74) is 1.19. The summed E-state index contributed by atoms with van der Waals surface area (Å²) in [7, 11) is 0. The molecule has 29 heavy (non-hydrogen) atoms. The Labute approximate surface area is 169 Å². The van der Waals surface area contributed by atoms with Gasteiger partial charge in [0.15, 0.2) is 0 Å². The Kier molecular flexibility index (Phi) is 6.78. The third kappa shape index (κ3) is 6.03. The summed E-state index contributed by atoms with van der Waals surface area (Å²) in [4.78, 5) is 44.0. The van der Waals surface area contributed by atoms with Gasteiger partial charge in [0, 0.05) is 63.5 Å². The molecule has 0 radical (unpaired) electrons. The Morgan fingerprint density at radius 1 is 0.931 bits per heavy atom. The Morgan fingerprint density at radius 3 is 2.31 bits per heavy atom. The van der Waals surface area contributed by atoms with E-state index in [1.807, 2.05) is 18.2 Å². The smallest absolute Gasteiger partial charge is 0.224 e. The Morgan fingerprint density at radius 2 is 1.66 bits per heavy atom. The second-order valence-electron chi connectivity index (χ2n) is 6.87. The van der Waals surface area contributed by atoms with Crippen LogP contribution in [0.2, 0.25) is 0 Å². The van der Waals surface area contributed by atoms with E-state index in [0.29, 0.717) is 24.5 Å². The zero-order valence-corrected chi connectivity index (χ0v) is 16.4. The van der Waals surface area contributed by atoms with Crippen molar-refractivity contribution in [2.45, 2.75) is 19.8 Å². The summed E-state index contributed by atoms with van der Waals surface area (Å²) in [5, 5.41) is 5.43. The van der Waals surface area contributed by atoms with E-state index in [9.17, 15) is 14.4 Å². The zero-order valence-electron chi connectivity index (χ0n) is 16.4. The van der Waals surface area contributed by atoms with E-state index in [0.717, 1.165) is 18.9 Å². The molecule has 0 saturated carbocycles. The van der Waals surface area contributed by atoms with Crippen molar-refractivity contribution in [2.24, 2.45) is 0 Å². The fourth-order valence-corrected chi connectivity index (χ4v) is 3.21. The van der Waals surface area contributed by atoms with Gasteiger partial charge in [-0.3, -0.25) is 14.4 Å². The molecule has 0 spiro atoms. The van der Waals surface area contributed by atoms with Gasteiger partial charge in [-0.2, -0.15) is 0 Å². The quantitative estimate of drug-likeness (QED) is 0.781. The van der Waals surface area contributed by atoms with Crippen molar-refractivity contribution in [1.82, 2.24) is 9.88 Å². The molecule has 1 aliphatic rings. The SMILES string of the molecule is CC(=O)Nc1cccc(NC(=O)CCC(=O)N2CCN(c3ccccn3)CC2)c1. The summed E-state index contributed by atoms with van der Waals surface area (Å²) in [5.74, 6) is 0.487. The van der Waals surface area contributed by atoms with Crippen LogP contribution in [-0.4, -0.2) is 53.8 Å². The molecule has 2 heterocycles.